The number of hydrogen-bond donors (Lipinski definition) is 0. The highest BCUT2D eigenvalue weighted by molar-refractivity contribution is 5.37. The summed E-state index contributed by atoms with van der Waals surface area (Å²) in [5.74, 6) is 0. The van der Waals surface area contributed by atoms with Crippen molar-refractivity contribution in [3.05, 3.63) is 34.9 Å². The Hall–Kier alpha value is -1.33. The Kier molecular flexibility index (Phi) is 4.53. The zero-order valence-corrected chi connectivity index (χ0v) is 12.4. The van der Waals surface area contributed by atoms with Crippen LogP contribution in [-0.2, 0) is 6.54 Å². The molecule has 0 saturated heterocycles. The van der Waals surface area contributed by atoms with Gasteiger partial charge in [-0.2, -0.15) is 5.26 Å². The average Bonchev–Trinajstić information content (AvgIpc) is 2.29. The lowest BCUT2D eigenvalue weighted by molar-refractivity contribution is 0.134. The molecule has 1 atom stereocenters. The fourth-order valence-electron chi connectivity index (χ4n) is 2.01. The minimum absolute atomic E-state index is 0.273. The molecule has 98 valence electrons. The van der Waals surface area contributed by atoms with Crippen molar-refractivity contribution in [3.63, 3.8) is 0 Å². The van der Waals surface area contributed by atoms with Gasteiger partial charge >= 0.3 is 0 Å². The van der Waals surface area contributed by atoms with Crippen molar-refractivity contribution in [1.29, 1.82) is 5.26 Å². The van der Waals surface area contributed by atoms with Crippen LogP contribution in [0.2, 0.25) is 0 Å². The van der Waals surface area contributed by atoms with E-state index in [4.69, 9.17) is 5.26 Å². The van der Waals surface area contributed by atoms with E-state index in [2.05, 4.69) is 58.7 Å². The number of aryl methyl sites for hydroxylation is 1. The van der Waals surface area contributed by atoms with Gasteiger partial charge in [0.2, 0.25) is 0 Å². The molecule has 2 heteroatoms. The van der Waals surface area contributed by atoms with E-state index >= 15 is 0 Å². The molecule has 0 radical (unpaired) electrons. The van der Waals surface area contributed by atoms with E-state index in [1.54, 1.807) is 0 Å². The summed E-state index contributed by atoms with van der Waals surface area (Å²) in [6.45, 7) is 12.1. The van der Waals surface area contributed by atoms with Gasteiger partial charge in [0, 0.05) is 12.6 Å². The number of nitrogens with zero attached hydrogens (tertiary/aromatic N) is 2. The zero-order valence-electron chi connectivity index (χ0n) is 12.4. The molecule has 0 amide bonds. The van der Waals surface area contributed by atoms with Crippen LogP contribution in [0.1, 0.15) is 44.4 Å². The molecular weight excluding hydrogens is 220 g/mol. The molecule has 1 unspecified atom stereocenters. The second-order valence-corrected chi connectivity index (χ2v) is 6.21. The van der Waals surface area contributed by atoms with Crippen LogP contribution in [0, 0.1) is 23.7 Å². The number of rotatable bonds is 3. The van der Waals surface area contributed by atoms with Crippen LogP contribution in [0.15, 0.2) is 18.2 Å². The van der Waals surface area contributed by atoms with Gasteiger partial charge in [0.1, 0.15) is 0 Å². The lowest BCUT2D eigenvalue weighted by Gasteiger charge is -2.35. The molecule has 0 N–H and O–H groups in total. The van der Waals surface area contributed by atoms with Crippen molar-refractivity contribution in [1.82, 2.24) is 4.90 Å². The lowest BCUT2D eigenvalue weighted by atomic mass is 9.87. The van der Waals surface area contributed by atoms with Crippen LogP contribution in [0.5, 0.6) is 0 Å². The topological polar surface area (TPSA) is 27.0 Å². The molecule has 18 heavy (non-hydrogen) atoms. The van der Waals surface area contributed by atoms with E-state index in [0.717, 1.165) is 12.1 Å². The molecule has 0 bridgehead atoms. The van der Waals surface area contributed by atoms with Crippen molar-refractivity contribution < 1.29 is 0 Å². The van der Waals surface area contributed by atoms with Crippen LogP contribution in [-0.4, -0.2) is 18.0 Å². The second kappa shape index (κ2) is 5.54. The van der Waals surface area contributed by atoms with Crippen molar-refractivity contribution >= 4 is 0 Å². The highest BCUT2D eigenvalue weighted by atomic mass is 15.1. The zero-order chi connectivity index (χ0) is 13.9. The van der Waals surface area contributed by atoms with E-state index in [0.29, 0.717) is 6.04 Å². The van der Waals surface area contributed by atoms with E-state index in [-0.39, 0.29) is 5.41 Å². The Morgan fingerprint density at radius 2 is 1.94 bits per heavy atom. The standard InChI is InChI=1S/C16H24N2/c1-12-9-14(10-17)7-8-15(12)11-18(6)13(2)16(3,4)5/h7-9,13H,11H2,1-6H3. The summed E-state index contributed by atoms with van der Waals surface area (Å²) in [6.07, 6.45) is 0. The fourth-order valence-corrected chi connectivity index (χ4v) is 2.01. The Labute approximate surface area is 111 Å². The van der Waals surface area contributed by atoms with Crippen LogP contribution in [0.25, 0.3) is 0 Å². The number of benzene rings is 1. The monoisotopic (exact) mass is 244 g/mol. The van der Waals surface area contributed by atoms with Gasteiger partial charge in [-0.3, -0.25) is 4.90 Å². The Balaban J connectivity index is 2.83. The fraction of sp³-hybridized carbons (Fsp3) is 0.562. The molecule has 1 aromatic rings. The van der Waals surface area contributed by atoms with Gasteiger partial charge < -0.3 is 0 Å². The third-order valence-electron chi connectivity index (χ3n) is 3.81. The largest absolute Gasteiger partial charge is 0.299 e. The van der Waals surface area contributed by atoms with E-state index < -0.39 is 0 Å². The molecule has 0 aliphatic rings. The van der Waals surface area contributed by atoms with Crippen LogP contribution in [0.4, 0.5) is 0 Å². The maximum absolute atomic E-state index is 8.87. The Morgan fingerprint density at radius 3 is 2.39 bits per heavy atom. The molecule has 0 aliphatic carbocycles. The quantitative estimate of drug-likeness (QED) is 0.810. The summed E-state index contributed by atoms with van der Waals surface area (Å²) >= 11 is 0. The average molecular weight is 244 g/mol. The third-order valence-corrected chi connectivity index (χ3v) is 3.81. The number of hydrogen-bond acceptors (Lipinski definition) is 2. The summed E-state index contributed by atoms with van der Waals surface area (Å²) in [5.41, 5.74) is 3.51. The van der Waals surface area contributed by atoms with Crippen molar-refractivity contribution in [2.75, 3.05) is 7.05 Å². The minimum Gasteiger partial charge on any atom is -0.299 e. The molecule has 1 rings (SSSR count). The first kappa shape index (κ1) is 14.7. The van der Waals surface area contributed by atoms with Gasteiger partial charge in [0.25, 0.3) is 0 Å². The first-order chi connectivity index (χ1) is 8.25. The molecular formula is C16H24N2. The first-order valence-electron chi connectivity index (χ1n) is 6.45. The first-order valence-corrected chi connectivity index (χ1v) is 6.45. The highest BCUT2D eigenvalue weighted by Gasteiger charge is 2.23. The second-order valence-electron chi connectivity index (χ2n) is 6.21. The Bertz CT molecular complexity index is 449. The maximum Gasteiger partial charge on any atom is 0.0991 e. The van der Waals surface area contributed by atoms with Gasteiger partial charge in [0.05, 0.1) is 11.6 Å². The SMILES string of the molecule is Cc1cc(C#N)ccc1CN(C)C(C)C(C)(C)C. The van der Waals surface area contributed by atoms with E-state index in [1.807, 2.05) is 12.1 Å². The molecule has 0 aliphatic heterocycles. The maximum atomic E-state index is 8.87. The van der Waals surface area contributed by atoms with Crippen LogP contribution >= 0.6 is 0 Å². The summed E-state index contributed by atoms with van der Waals surface area (Å²) in [5, 5.41) is 8.87. The van der Waals surface area contributed by atoms with E-state index in [9.17, 15) is 0 Å². The number of nitriles is 1. The third kappa shape index (κ3) is 3.58. The molecule has 0 heterocycles. The van der Waals surface area contributed by atoms with Gasteiger partial charge in [-0.1, -0.05) is 26.8 Å². The highest BCUT2D eigenvalue weighted by Crippen LogP contribution is 2.24. The summed E-state index contributed by atoms with van der Waals surface area (Å²) < 4.78 is 0. The predicted octanol–water partition coefficient (Wildman–Crippen LogP) is 3.73. The smallest absolute Gasteiger partial charge is 0.0991 e. The molecule has 2 nitrogen and oxygen atoms in total. The van der Waals surface area contributed by atoms with Gasteiger partial charge in [-0.15, -0.1) is 0 Å². The predicted molar refractivity (Wildman–Crippen MR) is 76.3 cm³/mol. The van der Waals surface area contributed by atoms with Gasteiger partial charge in [0.15, 0.2) is 0 Å². The molecule has 0 fully saturated rings. The van der Waals surface area contributed by atoms with Crippen LogP contribution in [0.3, 0.4) is 0 Å². The molecule has 1 aromatic carbocycles. The summed E-state index contributed by atoms with van der Waals surface area (Å²) in [7, 11) is 2.16. The van der Waals surface area contributed by atoms with Crippen molar-refractivity contribution in [2.45, 2.75) is 47.2 Å². The van der Waals surface area contributed by atoms with Gasteiger partial charge in [-0.25, -0.2) is 0 Å². The Morgan fingerprint density at radius 1 is 1.33 bits per heavy atom. The van der Waals surface area contributed by atoms with E-state index in [1.165, 1.54) is 11.1 Å². The van der Waals surface area contributed by atoms with Crippen molar-refractivity contribution in [2.24, 2.45) is 5.41 Å². The minimum atomic E-state index is 0.273. The molecule has 0 spiro atoms. The summed E-state index contributed by atoms with van der Waals surface area (Å²) in [6, 6.07) is 8.62. The van der Waals surface area contributed by atoms with Crippen molar-refractivity contribution in [3.8, 4) is 6.07 Å². The summed E-state index contributed by atoms with van der Waals surface area (Å²) in [4.78, 5) is 2.37. The lowest BCUT2D eigenvalue weighted by Crippen LogP contribution is -2.38. The molecule has 0 aromatic heterocycles. The normalized spacial score (nSPS) is 13.4. The molecule has 0 saturated carbocycles. The van der Waals surface area contributed by atoms with Gasteiger partial charge in [-0.05, 0) is 49.6 Å². The van der Waals surface area contributed by atoms with Crippen LogP contribution < -0.4 is 0 Å².